The van der Waals surface area contributed by atoms with Crippen LogP contribution in [0.15, 0.2) is 84.9 Å². The Morgan fingerprint density at radius 3 is 2.19 bits per heavy atom. The lowest BCUT2D eigenvalue weighted by molar-refractivity contribution is -0.147. The fourth-order valence-corrected chi connectivity index (χ4v) is 13.3. The van der Waals surface area contributed by atoms with Gasteiger partial charge in [-0.2, -0.15) is 0 Å². The average Bonchev–Trinajstić information content (AvgIpc) is 1.56. The normalized spacial score (nSPS) is 22.3. The van der Waals surface area contributed by atoms with Crippen LogP contribution in [0, 0.1) is 11.2 Å². The van der Waals surface area contributed by atoms with Crippen LogP contribution in [0.4, 0.5) is 25.4 Å². The molecular formula is C72H97FN10O11. The summed E-state index contributed by atoms with van der Waals surface area (Å²) in [4.78, 5) is 126. The second-order valence-electron chi connectivity index (χ2n) is 29.6. The molecule has 4 aromatic carbocycles. The Hall–Kier alpha value is -7.95. The number of carbonyl (C=O) groups excluding carboxylic acids is 8. The van der Waals surface area contributed by atoms with Gasteiger partial charge in [0.05, 0.1) is 37.8 Å². The van der Waals surface area contributed by atoms with Gasteiger partial charge in [-0.05, 0) is 170 Å². The van der Waals surface area contributed by atoms with Gasteiger partial charge in [0.15, 0.2) is 0 Å². The van der Waals surface area contributed by atoms with Crippen molar-refractivity contribution in [2.45, 2.75) is 188 Å². The number of likely N-dealkylation sites (N-methyl/N-ethyl adjacent to an activating group) is 1. The smallest absolute Gasteiger partial charge is 0.410 e. The summed E-state index contributed by atoms with van der Waals surface area (Å²) in [5, 5.41) is 12.0. The SMILES string of the molecule is C[C@@H]1COCCN1C[C@H]1CN(C(=O)OC(C)(C)C)[C@H](C)CN1CC(=O)N1CC(C)(C(=O)NCC(=O)Nc2ccc3c(c2)CN(C(=O)C(NC(=O)[C@H](C)N(C)C(=O)OC(C)(C)C)C(C)(C)C)[C@H](C(=O)N[C@@H]2CCCc4ccccc42)C3)c2ccc(Cc3ccc(F)cc3)cc21. The van der Waals surface area contributed by atoms with E-state index in [4.69, 9.17) is 14.2 Å². The second kappa shape index (κ2) is 28.6. The van der Waals surface area contributed by atoms with Crippen molar-refractivity contribution >= 4 is 59.0 Å². The Morgan fingerprint density at radius 2 is 1.50 bits per heavy atom. The number of hydrogen-bond acceptors (Lipinski definition) is 13. The largest absolute Gasteiger partial charge is 0.444 e. The molecule has 0 aromatic heterocycles. The van der Waals surface area contributed by atoms with Crippen LogP contribution in [0.2, 0.25) is 0 Å². The molecule has 94 heavy (non-hydrogen) atoms. The van der Waals surface area contributed by atoms with Crippen LogP contribution in [-0.4, -0.2) is 186 Å². The lowest BCUT2D eigenvalue weighted by Gasteiger charge is -2.47. The molecule has 4 aromatic rings. The van der Waals surface area contributed by atoms with Gasteiger partial charge in [-0.25, -0.2) is 14.0 Å². The van der Waals surface area contributed by atoms with Crippen LogP contribution in [-0.2, 0) is 74.2 Å². The number of ether oxygens (including phenoxy) is 3. The van der Waals surface area contributed by atoms with Crippen molar-refractivity contribution in [1.82, 2.24) is 40.4 Å². The minimum absolute atomic E-state index is 0.0180. The maximum atomic E-state index is 15.3. The number of amides is 8. The molecule has 8 amide bonds. The number of nitrogens with one attached hydrogen (secondary N) is 4. The predicted octanol–water partition coefficient (Wildman–Crippen LogP) is 8.04. The van der Waals surface area contributed by atoms with E-state index in [-0.39, 0.29) is 67.9 Å². The van der Waals surface area contributed by atoms with E-state index in [1.807, 2.05) is 90.9 Å². The first-order valence-electron chi connectivity index (χ1n) is 33.0. The predicted molar refractivity (Wildman–Crippen MR) is 356 cm³/mol. The number of fused-ring (bicyclic) bond motifs is 3. The fraction of sp³-hybridized carbons (Fsp3) is 0.556. The number of hydrogen-bond donors (Lipinski definition) is 4. The molecule has 2 fully saturated rings. The molecule has 8 atom stereocenters. The third-order valence-corrected chi connectivity index (χ3v) is 18.8. The number of carbonyl (C=O) groups is 8. The lowest BCUT2D eigenvalue weighted by atomic mass is 9.83. The van der Waals surface area contributed by atoms with E-state index in [1.165, 1.54) is 29.0 Å². The van der Waals surface area contributed by atoms with Crippen molar-refractivity contribution in [2.24, 2.45) is 5.41 Å². The second-order valence-corrected chi connectivity index (χ2v) is 29.6. The standard InChI is InChI=1S/C72H97FN10O11/c1-44-37-80(54(39-79-30-31-92-42-45(79)2)40-81(44)68(91)94-71(10,11)12)41-61(85)83-43-72(13,56-29-24-48(33-58(56)83)32-47-22-26-52(73)27-23-47)66(89)74-36-60(84)75-53-28-25-50-35-59(64(87)76-57-21-17-19-49-18-15-16-20-55(49)57)82(38-51(50)34-53)65(88)62(69(4,5)6)77-63(86)46(3)78(14)67(90)93-70(7,8)9/h15-16,18,20,22-29,33-34,44-46,54,57,59,62H,17,19,21,30-32,35-43H2,1-14H3,(H,74,89)(H,75,84)(H,76,87)(H,77,86)/t44-,45-,46+,54+,57-,59+,62?,72?/m1/s1. The Kier molecular flexibility index (Phi) is 21.4. The lowest BCUT2D eigenvalue weighted by Crippen LogP contribution is -2.64. The van der Waals surface area contributed by atoms with Crippen molar-refractivity contribution in [1.29, 1.82) is 0 Å². The Morgan fingerprint density at radius 1 is 0.798 bits per heavy atom. The van der Waals surface area contributed by atoms with E-state index in [9.17, 15) is 33.2 Å². The van der Waals surface area contributed by atoms with E-state index in [1.54, 1.807) is 68.7 Å². The summed E-state index contributed by atoms with van der Waals surface area (Å²) in [6.07, 6.45) is 1.90. The topological polar surface area (TPSA) is 232 Å². The van der Waals surface area contributed by atoms with E-state index < -0.39 is 82.5 Å². The maximum Gasteiger partial charge on any atom is 0.410 e. The monoisotopic (exact) mass is 1300 g/mol. The molecule has 5 aliphatic rings. The summed E-state index contributed by atoms with van der Waals surface area (Å²) in [7, 11) is 1.45. The zero-order valence-corrected chi connectivity index (χ0v) is 57.3. The molecule has 1 aliphatic carbocycles. The molecule has 2 saturated heterocycles. The van der Waals surface area contributed by atoms with E-state index in [0.29, 0.717) is 74.7 Å². The maximum absolute atomic E-state index is 15.3. The molecule has 2 unspecified atom stereocenters. The van der Waals surface area contributed by atoms with Gasteiger partial charge in [0.25, 0.3) is 0 Å². The van der Waals surface area contributed by atoms with Gasteiger partial charge in [0.2, 0.25) is 35.4 Å². The highest BCUT2D eigenvalue weighted by Crippen LogP contribution is 2.43. The molecule has 0 bridgehead atoms. The van der Waals surface area contributed by atoms with Crippen LogP contribution >= 0.6 is 0 Å². The molecule has 0 saturated carbocycles. The quantitative estimate of drug-likeness (QED) is 0.0833. The summed E-state index contributed by atoms with van der Waals surface area (Å²) in [5.41, 5.74) is 3.07. The molecule has 4 aliphatic heterocycles. The molecule has 0 spiro atoms. The van der Waals surface area contributed by atoms with Gasteiger partial charge >= 0.3 is 12.2 Å². The molecule has 22 heteroatoms. The highest BCUT2D eigenvalue weighted by Gasteiger charge is 2.49. The van der Waals surface area contributed by atoms with E-state index >= 15 is 9.59 Å². The molecule has 4 heterocycles. The van der Waals surface area contributed by atoms with Crippen molar-refractivity contribution in [3.05, 3.63) is 130 Å². The molecule has 0 radical (unpaired) electrons. The summed E-state index contributed by atoms with van der Waals surface area (Å²) in [6.45, 7) is 26.0. The summed E-state index contributed by atoms with van der Waals surface area (Å²) >= 11 is 0. The highest BCUT2D eigenvalue weighted by atomic mass is 19.1. The van der Waals surface area contributed by atoms with Crippen LogP contribution in [0.5, 0.6) is 0 Å². The first kappa shape index (κ1) is 70.4. The fourth-order valence-electron chi connectivity index (χ4n) is 13.3. The van der Waals surface area contributed by atoms with Gasteiger partial charge in [0, 0.05) is 82.2 Å². The Balaban J connectivity index is 0.933. The van der Waals surface area contributed by atoms with Gasteiger partial charge < -0.3 is 50.2 Å². The number of rotatable bonds is 16. The molecule has 21 nitrogen and oxygen atoms in total. The minimum atomic E-state index is -1.33. The molecule has 508 valence electrons. The van der Waals surface area contributed by atoms with Crippen LogP contribution < -0.4 is 26.2 Å². The number of halogens is 1. The number of piperazine rings is 1. The zero-order valence-electron chi connectivity index (χ0n) is 57.3. The first-order valence-corrected chi connectivity index (χ1v) is 33.0. The molecular weight excluding hydrogens is 1200 g/mol. The number of benzene rings is 4. The molecule has 4 N–H and O–H groups in total. The third-order valence-electron chi connectivity index (χ3n) is 18.8. The van der Waals surface area contributed by atoms with Crippen LogP contribution in [0.3, 0.4) is 0 Å². The van der Waals surface area contributed by atoms with Crippen molar-refractivity contribution in [3.8, 4) is 0 Å². The first-order chi connectivity index (χ1) is 44.2. The number of nitrogens with zero attached hydrogens (tertiary/aromatic N) is 6. The third kappa shape index (κ3) is 16.7. The van der Waals surface area contributed by atoms with Gasteiger partial charge in [-0.1, -0.05) is 75.4 Å². The van der Waals surface area contributed by atoms with Gasteiger partial charge in [-0.15, -0.1) is 0 Å². The zero-order chi connectivity index (χ0) is 68.4. The minimum Gasteiger partial charge on any atom is -0.444 e. The summed E-state index contributed by atoms with van der Waals surface area (Å²) < 4.78 is 31.2. The summed E-state index contributed by atoms with van der Waals surface area (Å²) in [5.74, 6) is -3.11. The summed E-state index contributed by atoms with van der Waals surface area (Å²) in [6, 6.07) is 21.3. The van der Waals surface area contributed by atoms with Gasteiger partial charge in [0.1, 0.15) is 35.1 Å². The molecule has 9 rings (SSSR count). The van der Waals surface area contributed by atoms with E-state index in [0.717, 1.165) is 40.7 Å². The Labute approximate surface area is 553 Å². The number of anilines is 2. The highest BCUT2D eigenvalue weighted by molar-refractivity contribution is 6.04. The van der Waals surface area contributed by atoms with Gasteiger partial charge in [-0.3, -0.25) is 43.5 Å². The number of aryl methyl sites for hydroxylation is 1. The van der Waals surface area contributed by atoms with Crippen molar-refractivity contribution < 1.29 is 57.0 Å². The van der Waals surface area contributed by atoms with Crippen molar-refractivity contribution in [2.75, 3.05) is 76.3 Å². The van der Waals surface area contributed by atoms with Crippen LogP contribution in [0.25, 0.3) is 0 Å². The van der Waals surface area contributed by atoms with E-state index in [2.05, 4.69) is 44.1 Å². The Bertz CT molecular complexity index is 3490. The van der Waals surface area contributed by atoms with Crippen LogP contribution in [0.1, 0.15) is 148 Å². The van der Waals surface area contributed by atoms with Crippen molar-refractivity contribution in [3.63, 3.8) is 0 Å². The average molecular weight is 1300 g/mol. The number of morpholine rings is 1.